The van der Waals surface area contributed by atoms with Crippen molar-refractivity contribution in [1.82, 2.24) is 15.0 Å². The molecule has 0 aliphatic carbocycles. The van der Waals surface area contributed by atoms with Crippen molar-refractivity contribution in [2.45, 2.75) is 0 Å². The number of nitrogens with zero attached hydrogens (tertiary/aromatic N) is 3. The zero-order valence-electron chi connectivity index (χ0n) is 13.9. The second kappa shape index (κ2) is 6.48. The molecule has 4 rings (SSSR count). The van der Waals surface area contributed by atoms with Crippen LogP contribution in [0.4, 0.5) is 14.6 Å². The number of rotatable bonds is 3. The fourth-order valence-electron chi connectivity index (χ4n) is 2.86. The minimum atomic E-state index is -0.537. The highest BCUT2D eigenvalue weighted by Crippen LogP contribution is 2.32. The van der Waals surface area contributed by atoms with Crippen LogP contribution in [0.3, 0.4) is 0 Å². The molecule has 0 spiro atoms. The summed E-state index contributed by atoms with van der Waals surface area (Å²) >= 11 is 0. The highest BCUT2D eigenvalue weighted by atomic mass is 19.1. The molecule has 6 heteroatoms. The van der Waals surface area contributed by atoms with Gasteiger partial charge in [-0.25, -0.2) is 18.7 Å². The van der Waals surface area contributed by atoms with Gasteiger partial charge in [-0.3, -0.25) is 4.98 Å². The van der Waals surface area contributed by atoms with Crippen LogP contribution in [0.1, 0.15) is 0 Å². The predicted octanol–water partition coefficient (Wildman–Crippen LogP) is 4.68. The van der Waals surface area contributed by atoms with E-state index in [2.05, 4.69) is 20.3 Å². The van der Waals surface area contributed by atoms with E-state index in [4.69, 9.17) is 0 Å². The summed E-state index contributed by atoms with van der Waals surface area (Å²) in [5, 5.41) is 3.45. The summed E-state index contributed by atoms with van der Waals surface area (Å²) in [6.07, 6.45) is 3.26. The van der Waals surface area contributed by atoms with Crippen LogP contribution in [0.5, 0.6) is 0 Å². The lowest BCUT2D eigenvalue weighted by molar-refractivity contribution is 0.628. The molecular formula is C20H14F2N4. The zero-order valence-corrected chi connectivity index (χ0v) is 13.9. The first kappa shape index (κ1) is 16.1. The van der Waals surface area contributed by atoms with Crippen molar-refractivity contribution in [3.05, 3.63) is 72.6 Å². The van der Waals surface area contributed by atoms with Crippen LogP contribution in [0, 0.1) is 11.6 Å². The average Bonchev–Trinajstić information content (AvgIpc) is 2.68. The maximum Gasteiger partial charge on any atom is 0.163 e. The molecule has 26 heavy (non-hydrogen) atoms. The van der Waals surface area contributed by atoms with Gasteiger partial charge >= 0.3 is 0 Å². The van der Waals surface area contributed by atoms with Crippen molar-refractivity contribution < 1.29 is 8.78 Å². The molecule has 4 aromatic rings. The predicted molar refractivity (Wildman–Crippen MR) is 97.7 cm³/mol. The van der Waals surface area contributed by atoms with E-state index < -0.39 is 11.6 Å². The number of hydrogen-bond donors (Lipinski definition) is 1. The Morgan fingerprint density at radius 3 is 2.46 bits per heavy atom. The van der Waals surface area contributed by atoms with Gasteiger partial charge in [0.2, 0.25) is 0 Å². The summed E-state index contributed by atoms with van der Waals surface area (Å²) in [5.74, 6) is -0.117. The second-order valence-electron chi connectivity index (χ2n) is 5.72. The Kier molecular flexibility index (Phi) is 4.01. The standard InChI is InChI=1S/C20H14F2N4/c1-23-20-15-9-13(14-6-2-3-7-16(14)21)10-17(22)18(15)25-19(26-20)12-5-4-8-24-11-12/h2-11H,1H3,(H,23,25,26). The molecule has 0 radical (unpaired) electrons. The smallest absolute Gasteiger partial charge is 0.163 e. The zero-order chi connectivity index (χ0) is 18.1. The van der Waals surface area contributed by atoms with Gasteiger partial charge in [0, 0.05) is 36.0 Å². The molecular weight excluding hydrogens is 334 g/mol. The minimum Gasteiger partial charge on any atom is -0.373 e. The van der Waals surface area contributed by atoms with Gasteiger partial charge in [0.05, 0.1) is 0 Å². The molecule has 0 amide bonds. The van der Waals surface area contributed by atoms with Crippen molar-refractivity contribution in [2.24, 2.45) is 0 Å². The highest BCUT2D eigenvalue weighted by Gasteiger charge is 2.15. The normalized spacial score (nSPS) is 10.9. The van der Waals surface area contributed by atoms with Crippen LogP contribution in [-0.4, -0.2) is 22.0 Å². The van der Waals surface area contributed by atoms with Crippen LogP contribution in [0.25, 0.3) is 33.4 Å². The van der Waals surface area contributed by atoms with Crippen molar-refractivity contribution in [3.8, 4) is 22.5 Å². The Morgan fingerprint density at radius 2 is 1.73 bits per heavy atom. The van der Waals surface area contributed by atoms with Gasteiger partial charge in [-0.15, -0.1) is 0 Å². The van der Waals surface area contributed by atoms with E-state index in [1.807, 2.05) is 0 Å². The Morgan fingerprint density at radius 1 is 0.885 bits per heavy atom. The molecule has 0 saturated carbocycles. The molecule has 0 aliphatic rings. The highest BCUT2D eigenvalue weighted by molar-refractivity contribution is 5.94. The van der Waals surface area contributed by atoms with Crippen molar-refractivity contribution >= 4 is 16.7 Å². The third-order valence-corrected chi connectivity index (χ3v) is 4.10. The number of hydrogen-bond acceptors (Lipinski definition) is 4. The van der Waals surface area contributed by atoms with Gasteiger partial charge in [-0.1, -0.05) is 18.2 Å². The van der Waals surface area contributed by atoms with Crippen LogP contribution in [0.15, 0.2) is 60.9 Å². The van der Waals surface area contributed by atoms with Gasteiger partial charge in [-0.2, -0.15) is 0 Å². The van der Waals surface area contributed by atoms with E-state index in [1.54, 1.807) is 55.8 Å². The summed E-state index contributed by atoms with van der Waals surface area (Å²) in [5.41, 5.74) is 1.61. The van der Waals surface area contributed by atoms with E-state index in [9.17, 15) is 8.78 Å². The van der Waals surface area contributed by atoms with E-state index in [0.29, 0.717) is 33.7 Å². The van der Waals surface area contributed by atoms with Gasteiger partial charge in [0.25, 0.3) is 0 Å². The van der Waals surface area contributed by atoms with Crippen LogP contribution in [0.2, 0.25) is 0 Å². The van der Waals surface area contributed by atoms with Crippen LogP contribution >= 0.6 is 0 Å². The van der Waals surface area contributed by atoms with E-state index in [-0.39, 0.29) is 5.52 Å². The Labute approximate surface area is 148 Å². The molecule has 0 fully saturated rings. The summed E-state index contributed by atoms with van der Waals surface area (Å²) < 4.78 is 28.9. The monoisotopic (exact) mass is 348 g/mol. The fourth-order valence-corrected chi connectivity index (χ4v) is 2.86. The lowest BCUT2D eigenvalue weighted by atomic mass is 10.0. The third kappa shape index (κ3) is 2.75. The first-order chi connectivity index (χ1) is 12.7. The quantitative estimate of drug-likeness (QED) is 0.584. The number of nitrogens with one attached hydrogen (secondary N) is 1. The summed E-state index contributed by atoms with van der Waals surface area (Å²) in [7, 11) is 1.70. The summed E-state index contributed by atoms with van der Waals surface area (Å²) in [4.78, 5) is 12.9. The number of aromatic nitrogens is 3. The first-order valence-corrected chi connectivity index (χ1v) is 8.01. The Hall–Kier alpha value is -3.41. The molecule has 0 aliphatic heterocycles. The summed E-state index contributed by atoms with van der Waals surface area (Å²) in [6, 6.07) is 12.8. The molecule has 0 saturated heterocycles. The maximum atomic E-state index is 14.8. The summed E-state index contributed by atoms with van der Waals surface area (Å²) in [6.45, 7) is 0. The molecule has 128 valence electrons. The lowest BCUT2D eigenvalue weighted by Gasteiger charge is -2.11. The van der Waals surface area contributed by atoms with Crippen LogP contribution in [-0.2, 0) is 0 Å². The molecule has 4 nitrogen and oxygen atoms in total. The van der Waals surface area contributed by atoms with Crippen molar-refractivity contribution in [1.29, 1.82) is 0 Å². The fraction of sp³-hybridized carbons (Fsp3) is 0.0500. The van der Waals surface area contributed by atoms with E-state index in [0.717, 1.165) is 0 Å². The molecule has 2 heterocycles. The van der Waals surface area contributed by atoms with E-state index >= 15 is 0 Å². The van der Waals surface area contributed by atoms with Crippen molar-refractivity contribution in [2.75, 3.05) is 12.4 Å². The third-order valence-electron chi connectivity index (χ3n) is 4.10. The molecule has 2 aromatic carbocycles. The largest absolute Gasteiger partial charge is 0.373 e. The average molecular weight is 348 g/mol. The molecule has 2 aromatic heterocycles. The number of benzene rings is 2. The number of fused-ring (bicyclic) bond motifs is 1. The minimum absolute atomic E-state index is 0.170. The number of anilines is 1. The molecule has 0 bridgehead atoms. The maximum absolute atomic E-state index is 14.8. The van der Waals surface area contributed by atoms with Gasteiger partial charge in [-0.05, 0) is 35.9 Å². The first-order valence-electron chi connectivity index (χ1n) is 8.01. The van der Waals surface area contributed by atoms with Gasteiger partial charge < -0.3 is 5.32 Å². The molecule has 0 unspecified atom stereocenters. The Balaban J connectivity index is 1.97. The van der Waals surface area contributed by atoms with Crippen LogP contribution < -0.4 is 5.32 Å². The van der Waals surface area contributed by atoms with E-state index in [1.165, 1.54) is 12.1 Å². The second-order valence-corrected chi connectivity index (χ2v) is 5.72. The van der Waals surface area contributed by atoms with Gasteiger partial charge in [0.1, 0.15) is 23.0 Å². The lowest BCUT2D eigenvalue weighted by Crippen LogP contribution is -2.01. The molecule has 0 atom stereocenters. The molecule has 1 N–H and O–H groups in total. The van der Waals surface area contributed by atoms with Gasteiger partial charge in [0.15, 0.2) is 5.82 Å². The topological polar surface area (TPSA) is 50.7 Å². The number of halogens is 2. The Bertz CT molecular complexity index is 1100. The SMILES string of the molecule is CNc1nc(-c2cccnc2)nc2c(F)cc(-c3ccccc3F)cc12. The number of pyridine rings is 1. The van der Waals surface area contributed by atoms with Crippen molar-refractivity contribution in [3.63, 3.8) is 0 Å².